The van der Waals surface area contributed by atoms with E-state index in [1.165, 1.54) is 18.4 Å². The van der Waals surface area contributed by atoms with E-state index < -0.39 is 17.1 Å². The summed E-state index contributed by atoms with van der Waals surface area (Å²) >= 11 is 0. The zero-order valence-electron chi connectivity index (χ0n) is 21.1. The van der Waals surface area contributed by atoms with Crippen molar-refractivity contribution in [2.24, 2.45) is 13.0 Å². The van der Waals surface area contributed by atoms with Crippen molar-refractivity contribution in [1.82, 2.24) is 14.8 Å². The van der Waals surface area contributed by atoms with Crippen LogP contribution in [0.25, 0.3) is 10.9 Å². The van der Waals surface area contributed by atoms with Crippen LogP contribution in [0.3, 0.4) is 0 Å². The Bertz CT molecular complexity index is 1460. The summed E-state index contributed by atoms with van der Waals surface area (Å²) in [6, 6.07) is 13.5. The summed E-state index contributed by atoms with van der Waals surface area (Å²) < 4.78 is 8.53. The van der Waals surface area contributed by atoms with Gasteiger partial charge in [-0.1, -0.05) is 24.3 Å². The van der Waals surface area contributed by atoms with Gasteiger partial charge in [-0.15, -0.1) is 0 Å². The van der Waals surface area contributed by atoms with Crippen molar-refractivity contribution in [3.05, 3.63) is 59.3 Å². The van der Waals surface area contributed by atoms with E-state index in [0.29, 0.717) is 24.3 Å². The molecule has 2 bridgehead atoms. The van der Waals surface area contributed by atoms with Crippen LogP contribution in [-0.2, 0) is 18.9 Å². The van der Waals surface area contributed by atoms with E-state index in [4.69, 9.17) is 4.74 Å². The Balaban J connectivity index is 1.19. The fourth-order valence-electron chi connectivity index (χ4n) is 8.38. The number of aliphatic hydroxyl groups is 1. The molecule has 3 heterocycles. The lowest BCUT2D eigenvalue weighted by Crippen LogP contribution is -2.78. The lowest BCUT2D eigenvalue weighted by atomic mass is 9.48. The Morgan fingerprint density at radius 3 is 2.81 bits per heavy atom. The SMILES string of the molecule is Cn1c(C(=O)N[C@@H]2CC[C@@]3(O)[C@H]4Cc5ccc(O)c6c5[C@@]3(CCN4CC3CC3)[C@H]2O6)cc2ccccc21. The zero-order valence-corrected chi connectivity index (χ0v) is 21.1. The van der Waals surface area contributed by atoms with Crippen LogP contribution in [0.5, 0.6) is 11.5 Å². The molecule has 3 aliphatic carbocycles. The third kappa shape index (κ3) is 2.76. The summed E-state index contributed by atoms with van der Waals surface area (Å²) in [6.07, 6.45) is 4.93. The first-order chi connectivity index (χ1) is 17.9. The van der Waals surface area contributed by atoms with Gasteiger partial charge in [-0.2, -0.15) is 0 Å². The molecule has 3 fully saturated rings. The quantitative estimate of drug-likeness (QED) is 0.513. The number of hydrogen-bond acceptors (Lipinski definition) is 5. The number of likely N-dealkylation sites (tertiary alicyclic amines) is 1. The van der Waals surface area contributed by atoms with Crippen molar-refractivity contribution in [1.29, 1.82) is 0 Å². The maximum absolute atomic E-state index is 13.6. The molecule has 3 aromatic rings. The second-order valence-electron chi connectivity index (χ2n) is 12.1. The number of benzene rings is 2. The summed E-state index contributed by atoms with van der Waals surface area (Å²) in [5, 5.41) is 27.8. The summed E-state index contributed by atoms with van der Waals surface area (Å²) in [5.41, 5.74) is 2.21. The Kier molecular flexibility index (Phi) is 4.34. The first-order valence-corrected chi connectivity index (χ1v) is 13.7. The molecular weight excluding hydrogens is 466 g/mol. The van der Waals surface area contributed by atoms with E-state index in [1.54, 1.807) is 6.07 Å². The van der Waals surface area contributed by atoms with E-state index in [9.17, 15) is 15.0 Å². The van der Waals surface area contributed by atoms with Gasteiger partial charge >= 0.3 is 0 Å². The van der Waals surface area contributed by atoms with Crippen LogP contribution in [0.2, 0.25) is 0 Å². The van der Waals surface area contributed by atoms with E-state index in [-0.39, 0.29) is 23.7 Å². The van der Waals surface area contributed by atoms with Crippen molar-refractivity contribution in [2.45, 2.75) is 67.7 Å². The number of hydrogen-bond donors (Lipinski definition) is 3. The molecule has 2 aliphatic heterocycles. The fourth-order valence-corrected chi connectivity index (χ4v) is 8.38. The standard InChI is InChI=1S/C30H33N3O4/c1-32-21-5-3-2-4-18(21)14-22(32)28(35)31-20-10-11-30(36)24-15-19-8-9-23(34)26-25(19)29(30,27(20)37-26)12-13-33(24)16-17-6-7-17/h2-5,8-9,14,17,20,24,27,34,36H,6-7,10-13,15-16H2,1H3,(H,31,35)/t20-,24-,27+,29+,30-/m1/s1. The van der Waals surface area contributed by atoms with Crippen LogP contribution < -0.4 is 10.1 Å². The number of carbonyl (C=O) groups excluding carboxylic acids is 1. The number of amides is 1. The fraction of sp³-hybridized carbons (Fsp3) is 0.500. The second kappa shape index (κ2) is 7.29. The highest BCUT2D eigenvalue weighted by Gasteiger charge is 2.73. The molecule has 1 amide bonds. The highest BCUT2D eigenvalue weighted by molar-refractivity contribution is 5.99. The molecule has 2 saturated carbocycles. The van der Waals surface area contributed by atoms with Crippen LogP contribution >= 0.6 is 0 Å². The number of aromatic hydroxyl groups is 1. The lowest BCUT2D eigenvalue weighted by Gasteiger charge is -2.64. The smallest absolute Gasteiger partial charge is 0.268 e. The molecular formula is C30H33N3O4. The molecule has 2 aromatic carbocycles. The Morgan fingerprint density at radius 2 is 2.00 bits per heavy atom. The number of aromatic nitrogens is 1. The number of fused-ring (bicyclic) bond motifs is 1. The molecule has 5 atom stereocenters. The number of piperidine rings is 1. The average molecular weight is 500 g/mol. The van der Waals surface area contributed by atoms with Gasteiger partial charge in [-0.05, 0) is 74.8 Å². The van der Waals surface area contributed by atoms with Gasteiger partial charge in [-0.3, -0.25) is 9.69 Å². The van der Waals surface area contributed by atoms with Crippen molar-refractivity contribution >= 4 is 16.8 Å². The number of ether oxygens (including phenoxy) is 1. The first-order valence-electron chi connectivity index (χ1n) is 13.7. The zero-order chi connectivity index (χ0) is 25.1. The van der Waals surface area contributed by atoms with Crippen LogP contribution in [0, 0.1) is 5.92 Å². The molecule has 8 rings (SSSR count). The van der Waals surface area contributed by atoms with Gasteiger partial charge in [0.25, 0.3) is 5.91 Å². The van der Waals surface area contributed by atoms with Crippen LogP contribution in [0.4, 0.5) is 0 Å². The van der Waals surface area contributed by atoms with Gasteiger partial charge in [-0.25, -0.2) is 0 Å². The molecule has 3 N–H and O–H groups in total. The predicted octanol–water partition coefficient (Wildman–Crippen LogP) is 3.25. The van der Waals surface area contributed by atoms with Crippen molar-refractivity contribution in [3.63, 3.8) is 0 Å². The first kappa shape index (κ1) is 22.0. The summed E-state index contributed by atoms with van der Waals surface area (Å²) in [6.45, 7) is 1.96. The highest BCUT2D eigenvalue weighted by atomic mass is 16.5. The number of phenolic OH excluding ortho intramolecular Hbond substituents is 1. The van der Waals surface area contributed by atoms with Gasteiger partial charge in [0.2, 0.25) is 0 Å². The van der Waals surface area contributed by atoms with Crippen molar-refractivity contribution < 1.29 is 19.7 Å². The Labute approximate surface area is 216 Å². The number of aryl methyl sites for hydroxylation is 1. The molecule has 5 aliphatic rings. The van der Waals surface area contributed by atoms with Crippen molar-refractivity contribution in [2.75, 3.05) is 13.1 Å². The summed E-state index contributed by atoms with van der Waals surface area (Å²) in [4.78, 5) is 16.1. The minimum Gasteiger partial charge on any atom is -0.504 e. The number of rotatable bonds is 4. The third-order valence-electron chi connectivity index (χ3n) is 10.3. The van der Waals surface area contributed by atoms with Crippen LogP contribution in [0.15, 0.2) is 42.5 Å². The van der Waals surface area contributed by atoms with E-state index in [1.807, 2.05) is 48.0 Å². The maximum Gasteiger partial charge on any atom is 0.268 e. The molecule has 1 spiro atoms. The van der Waals surface area contributed by atoms with Crippen LogP contribution in [-0.4, -0.2) is 62.5 Å². The third-order valence-corrected chi connectivity index (χ3v) is 10.3. The normalized spacial score (nSPS) is 33.7. The topological polar surface area (TPSA) is 87.0 Å². The molecule has 0 unspecified atom stereocenters. The number of nitrogens with zero attached hydrogens (tertiary/aromatic N) is 2. The van der Waals surface area contributed by atoms with Crippen LogP contribution in [0.1, 0.15) is 53.7 Å². The molecule has 0 radical (unpaired) electrons. The minimum atomic E-state index is -0.947. The Hall–Kier alpha value is -3.03. The maximum atomic E-state index is 13.6. The monoisotopic (exact) mass is 499 g/mol. The van der Waals surface area contributed by atoms with Gasteiger partial charge in [0.05, 0.1) is 17.1 Å². The largest absolute Gasteiger partial charge is 0.504 e. The summed E-state index contributed by atoms with van der Waals surface area (Å²) in [5.74, 6) is 1.26. The highest BCUT2D eigenvalue weighted by Crippen LogP contribution is 2.65. The van der Waals surface area contributed by atoms with E-state index in [2.05, 4.69) is 10.2 Å². The van der Waals surface area contributed by atoms with Gasteiger partial charge in [0.1, 0.15) is 11.8 Å². The average Bonchev–Trinajstić information content (AvgIpc) is 3.54. The van der Waals surface area contributed by atoms with Gasteiger partial charge in [0.15, 0.2) is 11.5 Å². The predicted molar refractivity (Wildman–Crippen MR) is 139 cm³/mol. The molecule has 37 heavy (non-hydrogen) atoms. The van der Waals surface area contributed by atoms with Gasteiger partial charge < -0.3 is 24.8 Å². The van der Waals surface area contributed by atoms with Gasteiger partial charge in [0, 0.05) is 36.1 Å². The number of para-hydroxylation sites is 1. The molecule has 1 saturated heterocycles. The number of nitrogens with one attached hydrogen (secondary N) is 1. The van der Waals surface area contributed by atoms with Crippen molar-refractivity contribution in [3.8, 4) is 11.5 Å². The lowest BCUT2D eigenvalue weighted by molar-refractivity contribution is -0.191. The number of phenols is 1. The molecule has 7 heteroatoms. The van der Waals surface area contributed by atoms with E-state index >= 15 is 0 Å². The summed E-state index contributed by atoms with van der Waals surface area (Å²) in [7, 11) is 1.92. The molecule has 1 aromatic heterocycles. The molecule has 192 valence electrons. The molecule has 7 nitrogen and oxygen atoms in total. The van der Waals surface area contributed by atoms with E-state index in [0.717, 1.165) is 48.3 Å². The second-order valence-corrected chi connectivity index (χ2v) is 12.1. The minimum absolute atomic E-state index is 0.0331. The number of carbonyl (C=O) groups is 1. The Morgan fingerprint density at radius 1 is 1.16 bits per heavy atom.